The Morgan fingerprint density at radius 3 is 2.57 bits per heavy atom. The topological polar surface area (TPSA) is 30.5 Å². The molecule has 114 valence electrons. The van der Waals surface area contributed by atoms with Crippen molar-refractivity contribution in [1.82, 2.24) is 10.2 Å². The zero-order valence-corrected chi connectivity index (χ0v) is 13.6. The summed E-state index contributed by atoms with van der Waals surface area (Å²) in [5.41, 5.74) is 3.71. The fourth-order valence-corrected chi connectivity index (χ4v) is 2.79. The van der Waals surface area contributed by atoms with Crippen molar-refractivity contribution in [1.29, 1.82) is 0 Å². The maximum atomic E-state index is 3.54. The van der Waals surface area contributed by atoms with Gasteiger partial charge >= 0.3 is 0 Å². The van der Waals surface area contributed by atoms with Crippen molar-refractivity contribution in [3.8, 4) is 0 Å². The molecule has 0 radical (unpaired) electrons. The second kappa shape index (κ2) is 6.57. The highest BCUT2D eigenvalue weighted by molar-refractivity contribution is 5.80. The molecule has 0 bridgehead atoms. The lowest BCUT2D eigenvalue weighted by atomic mass is 10.2. The molecule has 1 unspecified atom stereocenters. The molecular weight excluding hydrogens is 260 g/mol. The Morgan fingerprint density at radius 1 is 1.10 bits per heavy atom. The van der Waals surface area contributed by atoms with Crippen LogP contribution in [0.15, 0.2) is 47.9 Å². The molecule has 1 aromatic rings. The predicted molar refractivity (Wildman–Crippen MR) is 91.0 cm³/mol. The summed E-state index contributed by atoms with van der Waals surface area (Å²) in [6, 6.07) is 8.44. The van der Waals surface area contributed by atoms with E-state index in [0.29, 0.717) is 0 Å². The average molecular weight is 286 g/mol. The van der Waals surface area contributed by atoms with Crippen LogP contribution in [0, 0.1) is 0 Å². The van der Waals surface area contributed by atoms with Gasteiger partial charge in [0.05, 0.1) is 17.1 Å². The number of dihydropyridines is 1. The van der Waals surface area contributed by atoms with E-state index >= 15 is 0 Å². The van der Waals surface area contributed by atoms with E-state index in [0.717, 1.165) is 6.54 Å². The van der Waals surface area contributed by atoms with Gasteiger partial charge in [-0.2, -0.15) is 0 Å². The third kappa shape index (κ3) is 2.35. The van der Waals surface area contributed by atoms with Crippen LogP contribution in [-0.4, -0.2) is 24.8 Å². The summed E-state index contributed by atoms with van der Waals surface area (Å²) < 4.78 is 0. The zero-order valence-electron chi connectivity index (χ0n) is 13.6. The summed E-state index contributed by atoms with van der Waals surface area (Å²) in [5.74, 6) is 1.21. The average Bonchev–Trinajstić information content (AvgIpc) is 3.08. The molecule has 21 heavy (non-hydrogen) atoms. The molecule has 2 N–H and O–H groups in total. The number of nitrogens with one attached hydrogen (secondary N) is 2. The van der Waals surface area contributed by atoms with E-state index in [-0.39, 0.29) is 6.29 Å². The number of para-hydroxylation sites is 2. The van der Waals surface area contributed by atoms with Gasteiger partial charge in [-0.25, -0.2) is 0 Å². The van der Waals surface area contributed by atoms with Gasteiger partial charge in [-0.1, -0.05) is 45.9 Å². The molecular formula is C17H26N4. The van der Waals surface area contributed by atoms with Crippen LogP contribution in [0.2, 0.25) is 0 Å². The summed E-state index contributed by atoms with van der Waals surface area (Å²) in [5, 5.41) is 6.97. The molecule has 0 aromatic heterocycles. The van der Waals surface area contributed by atoms with Gasteiger partial charge in [0.2, 0.25) is 0 Å². The van der Waals surface area contributed by atoms with Gasteiger partial charge in [-0.15, -0.1) is 0 Å². The number of rotatable bonds is 0. The van der Waals surface area contributed by atoms with Gasteiger partial charge in [0.25, 0.3) is 0 Å². The van der Waals surface area contributed by atoms with Crippen LogP contribution in [0.3, 0.4) is 0 Å². The molecule has 3 aliphatic rings. The number of benzene rings is 1. The Kier molecular flexibility index (Phi) is 4.78. The fraction of sp³-hybridized carbons (Fsp3) is 0.412. The third-order valence-corrected chi connectivity index (χ3v) is 3.58. The Labute approximate surface area is 128 Å². The molecule has 4 rings (SSSR count). The largest absolute Gasteiger partial charge is 0.366 e. The number of hydrogen-bond acceptors (Lipinski definition) is 4. The van der Waals surface area contributed by atoms with Gasteiger partial charge in [-0.3, -0.25) is 4.90 Å². The third-order valence-electron chi connectivity index (χ3n) is 3.58. The zero-order chi connectivity index (χ0) is 15.4. The minimum atomic E-state index is 0.202. The van der Waals surface area contributed by atoms with Crippen LogP contribution in [0.1, 0.15) is 27.7 Å². The highest BCUT2D eigenvalue weighted by atomic mass is 15.6. The molecule has 3 heterocycles. The quantitative estimate of drug-likeness (QED) is 0.764. The van der Waals surface area contributed by atoms with Crippen molar-refractivity contribution in [2.45, 2.75) is 34.0 Å². The second-order valence-corrected chi connectivity index (χ2v) is 4.53. The van der Waals surface area contributed by atoms with Crippen LogP contribution in [0.4, 0.5) is 11.4 Å². The molecule has 0 amide bonds. The van der Waals surface area contributed by atoms with Crippen LogP contribution >= 0.6 is 0 Å². The Balaban J connectivity index is 0.000000374. The van der Waals surface area contributed by atoms with Gasteiger partial charge < -0.3 is 15.5 Å². The lowest BCUT2D eigenvalue weighted by Gasteiger charge is -2.25. The van der Waals surface area contributed by atoms with E-state index in [1.807, 2.05) is 27.7 Å². The summed E-state index contributed by atoms with van der Waals surface area (Å²) >= 11 is 0. The maximum absolute atomic E-state index is 3.54. The van der Waals surface area contributed by atoms with Crippen LogP contribution in [-0.2, 0) is 0 Å². The standard InChI is InChI=1S/C13H14N4.2C2H6/c1-16-12-11(7-4-8-14-12)17-10-6-3-2-5-9(10)15-13(16)17;2*1-2/h2-7,13-15H,8H2,1H3;2*1-2H3. The molecule has 3 aliphatic heterocycles. The molecule has 1 atom stereocenters. The second-order valence-electron chi connectivity index (χ2n) is 4.53. The van der Waals surface area contributed by atoms with Crippen molar-refractivity contribution in [2.75, 3.05) is 23.8 Å². The van der Waals surface area contributed by atoms with Gasteiger partial charge in [0.1, 0.15) is 5.82 Å². The molecule has 0 saturated carbocycles. The first-order valence-corrected chi connectivity index (χ1v) is 7.88. The van der Waals surface area contributed by atoms with E-state index in [4.69, 9.17) is 0 Å². The molecule has 4 nitrogen and oxygen atoms in total. The van der Waals surface area contributed by atoms with E-state index in [1.165, 1.54) is 22.9 Å². The Morgan fingerprint density at radius 2 is 1.81 bits per heavy atom. The minimum absolute atomic E-state index is 0.202. The fourth-order valence-electron chi connectivity index (χ4n) is 2.79. The molecule has 1 aromatic carbocycles. The highest BCUT2D eigenvalue weighted by Gasteiger charge is 2.41. The van der Waals surface area contributed by atoms with Crippen LogP contribution in [0.5, 0.6) is 0 Å². The highest BCUT2D eigenvalue weighted by Crippen LogP contribution is 2.43. The number of nitrogens with zero attached hydrogens (tertiary/aromatic N) is 2. The van der Waals surface area contributed by atoms with Crippen molar-refractivity contribution in [3.63, 3.8) is 0 Å². The van der Waals surface area contributed by atoms with Gasteiger partial charge in [0, 0.05) is 13.6 Å². The molecule has 4 heteroatoms. The molecule has 0 fully saturated rings. The van der Waals surface area contributed by atoms with Crippen molar-refractivity contribution in [2.24, 2.45) is 0 Å². The van der Waals surface area contributed by atoms with Crippen molar-refractivity contribution < 1.29 is 0 Å². The summed E-state index contributed by atoms with van der Waals surface area (Å²) in [6.45, 7) is 8.91. The van der Waals surface area contributed by atoms with E-state index in [9.17, 15) is 0 Å². The normalized spacial score (nSPS) is 20.1. The first-order valence-electron chi connectivity index (χ1n) is 7.88. The minimum Gasteiger partial charge on any atom is -0.366 e. The van der Waals surface area contributed by atoms with Crippen molar-refractivity contribution in [3.05, 3.63) is 47.9 Å². The smallest absolute Gasteiger partial charge is 0.184 e. The summed E-state index contributed by atoms with van der Waals surface area (Å²) in [6.07, 6.45) is 4.56. The SMILES string of the molecule is CC.CC.CN1C2=C(C=CCN2)N2c3ccccc3NC12. The lowest BCUT2D eigenvalue weighted by Crippen LogP contribution is -2.41. The number of anilines is 2. The number of hydrogen-bond donors (Lipinski definition) is 2. The Bertz CT molecular complexity index is 547. The van der Waals surface area contributed by atoms with E-state index in [2.05, 4.69) is 63.9 Å². The lowest BCUT2D eigenvalue weighted by molar-refractivity contribution is 0.352. The van der Waals surface area contributed by atoms with E-state index in [1.54, 1.807) is 0 Å². The monoisotopic (exact) mass is 286 g/mol. The number of fused-ring (bicyclic) bond motifs is 4. The van der Waals surface area contributed by atoms with Crippen molar-refractivity contribution >= 4 is 11.4 Å². The molecule has 0 spiro atoms. The predicted octanol–water partition coefficient (Wildman–Crippen LogP) is 3.53. The first-order chi connectivity index (χ1) is 10.4. The van der Waals surface area contributed by atoms with E-state index < -0.39 is 0 Å². The van der Waals surface area contributed by atoms with Crippen LogP contribution < -0.4 is 15.5 Å². The first kappa shape index (κ1) is 15.3. The maximum Gasteiger partial charge on any atom is 0.184 e. The van der Waals surface area contributed by atoms with Gasteiger partial charge in [0.15, 0.2) is 6.29 Å². The number of allylic oxidation sites excluding steroid dienone is 1. The van der Waals surface area contributed by atoms with Crippen LogP contribution in [0.25, 0.3) is 0 Å². The summed E-state index contributed by atoms with van der Waals surface area (Å²) in [7, 11) is 2.12. The van der Waals surface area contributed by atoms with Gasteiger partial charge in [-0.05, 0) is 18.2 Å². The molecule has 0 saturated heterocycles. The summed E-state index contributed by atoms with van der Waals surface area (Å²) in [4.78, 5) is 4.59. The Hall–Kier alpha value is -2.10. The molecule has 0 aliphatic carbocycles.